The SMILES string of the molecule is CC(C)CNN(C(=O)CCC(C)(C)CCC=Cc1ccccc1)C(=O)NOCc1ccccc1. The molecule has 0 atom stereocenters. The molecule has 2 N–H and O–H groups in total. The van der Waals surface area contributed by atoms with Gasteiger partial charge in [-0.2, -0.15) is 5.01 Å². The van der Waals surface area contributed by atoms with Crippen LogP contribution in [0, 0.1) is 11.3 Å². The van der Waals surface area contributed by atoms with Crippen LogP contribution in [0.25, 0.3) is 6.08 Å². The van der Waals surface area contributed by atoms with Crippen molar-refractivity contribution in [3.05, 3.63) is 77.9 Å². The highest BCUT2D eigenvalue weighted by molar-refractivity contribution is 5.93. The summed E-state index contributed by atoms with van der Waals surface area (Å²) in [7, 11) is 0. The molecule has 34 heavy (non-hydrogen) atoms. The first-order valence-corrected chi connectivity index (χ1v) is 12.0. The Morgan fingerprint density at radius 2 is 1.65 bits per heavy atom. The van der Waals surface area contributed by atoms with Crippen LogP contribution in [-0.4, -0.2) is 23.5 Å². The average Bonchev–Trinajstić information content (AvgIpc) is 2.82. The van der Waals surface area contributed by atoms with Crippen LogP contribution in [0.2, 0.25) is 0 Å². The zero-order valence-electron chi connectivity index (χ0n) is 20.9. The normalized spacial score (nSPS) is 11.7. The van der Waals surface area contributed by atoms with Gasteiger partial charge in [0.15, 0.2) is 0 Å². The highest BCUT2D eigenvalue weighted by Crippen LogP contribution is 2.29. The molecule has 2 aromatic carbocycles. The first-order valence-electron chi connectivity index (χ1n) is 12.0. The lowest BCUT2D eigenvalue weighted by Crippen LogP contribution is -2.52. The Labute approximate surface area is 204 Å². The third-order valence-corrected chi connectivity index (χ3v) is 5.46. The molecule has 0 aromatic heterocycles. The van der Waals surface area contributed by atoms with Crippen molar-refractivity contribution in [2.24, 2.45) is 11.3 Å². The summed E-state index contributed by atoms with van der Waals surface area (Å²) >= 11 is 0. The average molecular weight is 466 g/mol. The fourth-order valence-corrected chi connectivity index (χ4v) is 3.29. The van der Waals surface area contributed by atoms with E-state index in [-0.39, 0.29) is 30.3 Å². The quantitative estimate of drug-likeness (QED) is 0.350. The molecule has 6 nitrogen and oxygen atoms in total. The third-order valence-electron chi connectivity index (χ3n) is 5.46. The van der Waals surface area contributed by atoms with Crippen molar-refractivity contribution in [2.45, 2.75) is 60.0 Å². The molecule has 0 unspecified atom stereocenters. The number of hydrogen-bond donors (Lipinski definition) is 2. The van der Waals surface area contributed by atoms with Gasteiger partial charge in [-0.1, -0.05) is 101 Å². The van der Waals surface area contributed by atoms with E-state index in [4.69, 9.17) is 4.84 Å². The number of benzene rings is 2. The molecule has 2 rings (SSSR count). The zero-order chi connectivity index (χ0) is 24.8. The summed E-state index contributed by atoms with van der Waals surface area (Å²) in [4.78, 5) is 30.9. The second kappa shape index (κ2) is 14.3. The summed E-state index contributed by atoms with van der Waals surface area (Å²) in [5.74, 6) is 0.00976. The maximum absolute atomic E-state index is 12.9. The smallest absolute Gasteiger partial charge is 0.273 e. The number of hydroxylamine groups is 1. The van der Waals surface area contributed by atoms with Crippen molar-refractivity contribution in [1.82, 2.24) is 15.9 Å². The van der Waals surface area contributed by atoms with E-state index < -0.39 is 6.03 Å². The number of carbonyl (C=O) groups excluding carboxylic acids is 2. The standard InChI is InChI=1S/C28H39N3O3/c1-23(2)21-29-31(27(33)30-34-22-25-16-9-6-10-17-25)26(32)18-20-28(3,4)19-12-11-15-24-13-7-5-8-14-24/h5-11,13-17,23,29H,12,18-22H2,1-4H3,(H,30,33). The summed E-state index contributed by atoms with van der Waals surface area (Å²) in [5.41, 5.74) is 7.43. The van der Waals surface area contributed by atoms with Gasteiger partial charge >= 0.3 is 6.03 Å². The zero-order valence-corrected chi connectivity index (χ0v) is 20.9. The van der Waals surface area contributed by atoms with Crippen molar-refractivity contribution >= 4 is 18.0 Å². The summed E-state index contributed by atoms with van der Waals surface area (Å²) in [6.07, 6.45) is 7.13. The molecule has 0 aliphatic carbocycles. The van der Waals surface area contributed by atoms with Crippen molar-refractivity contribution in [2.75, 3.05) is 6.54 Å². The van der Waals surface area contributed by atoms with Crippen molar-refractivity contribution in [3.63, 3.8) is 0 Å². The minimum absolute atomic E-state index is 0.0271. The van der Waals surface area contributed by atoms with Crippen LogP contribution in [0.1, 0.15) is 64.5 Å². The number of nitrogens with one attached hydrogen (secondary N) is 2. The molecular formula is C28H39N3O3. The van der Waals surface area contributed by atoms with Gasteiger partial charge in [0.05, 0.1) is 6.61 Å². The van der Waals surface area contributed by atoms with Crippen LogP contribution in [0.5, 0.6) is 0 Å². The van der Waals surface area contributed by atoms with Crippen LogP contribution < -0.4 is 10.9 Å². The Hall–Kier alpha value is -2.96. The highest BCUT2D eigenvalue weighted by Gasteiger charge is 2.25. The molecule has 0 saturated heterocycles. The number of allylic oxidation sites excluding steroid dienone is 1. The largest absolute Gasteiger partial charge is 0.362 e. The fourth-order valence-electron chi connectivity index (χ4n) is 3.29. The summed E-state index contributed by atoms with van der Waals surface area (Å²) < 4.78 is 0. The summed E-state index contributed by atoms with van der Waals surface area (Å²) in [6, 6.07) is 19.1. The molecule has 0 fully saturated rings. The number of carbonyl (C=O) groups is 2. The van der Waals surface area contributed by atoms with E-state index in [1.807, 2.05) is 62.4 Å². The number of imide groups is 1. The van der Waals surface area contributed by atoms with E-state index in [2.05, 4.69) is 49.0 Å². The Morgan fingerprint density at radius 1 is 1.00 bits per heavy atom. The van der Waals surface area contributed by atoms with Gasteiger partial charge in [-0.05, 0) is 41.7 Å². The highest BCUT2D eigenvalue weighted by atomic mass is 16.7. The molecule has 0 radical (unpaired) electrons. The van der Waals surface area contributed by atoms with Gasteiger partial charge < -0.3 is 0 Å². The van der Waals surface area contributed by atoms with Crippen LogP contribution in [0.4, 0.5) is 4.79 Å². The lowest BCUT2D eigenvalue weighted by molar-refractivity contribution is -0.132. The molecule has 0 bridgehead atoms. The lowest BCUT2D eigenvalue weighted by Gasteiger charge is -2.27. The van der Waals surface area contributed by atoms with E-state index in [0.29, 0.717) is 13.0 Å². The fraction of sp³-hybridized carbons (Fsp3) is 0.429. The van der Waals surface area contributed by atoms with E-state index >= 15 is 0 Å². The van der Waals surface area contributed by atoms with Crippen LogP contribution in [0.15, 0.2) is 66.7 Å². The minimum atomic E-state index is -0.606. The van der Waals surface area contributed by atoms with E-state index in [0.717, 1.165) is 23.4 Å². The number of hydrogen-bond acceptors (Lipinski definition) is 4. The number of nitrogens with zero attached hydrogens (tertiary/aromatic N) is 1. The predicted molar refractivity (Wildman–Crippen MR) is 137 cm³/mol. The summed E-state index contributed by atoms with van der Waals surface area (Å²) in [6.45, 7) is 9.09. The van der Waals surface area contributed by atoms with E-state index in [1.54, 1.807) is 0 Å². The second-order valence-corrected chi connectivity index (χ2v) is 9.68. The van der Waals surface area contributed by atoms with E-state index in [9.17, 15) is 9.59 Å². The monoisotopic (exact) mass is 465 g/mol. The summed E-state index contributed by atoms with van der Waals surface area (Å²) in [5, 5.41) is 1.05. The lowest BCUT2D eigenvalue weighted by atomic mass is 9.83. The van der Waals surface area contributed by atoms with Gasteiger partial charge in [-0.3, -0.25) is 9.63 Å². The van der Waals surface area contributed by atoms with Crippen molar-refractivity contribution < 1.29 is 14.4 Å². The third kappa shape index (κ3) is 10.8. The van der Waals surface area contributed by atoms with Crippen LogP contribution in [0.3, 0.4) is 0 Å². The number of rotatable bonds is 13. The molecule has 2 aromatic rings. The Balaban J connectivity index is 1.83. The first-order chi connectivity index (χ1) is 16.3. The van der Waals surface area contributed by atoms with Crippen molar-refractivity contribution in [1.29, 1.82) is 0 Å². The Bertz CT molecular complexity index is 896. The molecule has 3 amide bonds. The van der Waals surface area contributed by atoms with Crippen molar-refractivity contribution in [3.8, 4) is 0 Å². The molecule has 0 heterocycles. The predicted octanol–water partition coefficient (Wildman–Crippen LogP) is 6.12. The number of urea groups is 1. The maximum Gasteiger partial charge on any atom is 0.362 e. The second-order valence-electron chi connectivity index (χ2n) is 9.68. The molecule has 0 spiro atoms. The van der Waals surface area contributed by atoms with Gasteiger partial charge in [0.25, 0.3) is 0 Å². The first kappa shape index (κ1) is 27.3. The van der Waals surface area contributed by atoms with Gasteiger partial charge in [-0.25, -0.2) is 15.7 Å². The van der Waals surface area contributed by atoms with Gasteiger partial charge in [0.2, 0.25) is 5.91 Å². The molecule has 0 saturated carbocycles. The number of amides is 3. The molecule has 6 heteroatoms. The molecular weight excluding hydrogens is 426 g/mol. The van der Waals surface area contributed by atoms with Gasteiger partial charge in [0.1, 0.15) is 0 Å². The molecule has 184 valence electrons. The van der Waals surface area contributed by atoms with Gasteiger partial charge in [-0.15, -0.1) is 0 Å². The maximum atomic E-state index is 12.9. The molecule has 0 aliphatic rings. The van der Waals surface area contributed by atoms with Crippen LogP contribution in [-0.2, 0) is 16.2 Å². The Morgan fingerprint density at radius 3 is 2.29 bits per heavy atom. The Kier molecular flexibility index (Phi) is 11.5. The molecule has 0 aliphatic heterocycles. The van der Waals surface area contributed by atoms with E-state index in [1.165, 1.54) is 5.56 Å². The van der Waals surface area contributed by atoms with Gasteiger partial charge in [0, 0.05) is 13.0 Å². The number of hydrazine groups is 1. The topological polar surface area (TPSA) is 70.7 Å². The van der Waals surface area contributed by atoms with Crippen LogP contribution >= 0.6 is 0 Å². The minimum Gasteiger partial charge on any atom is -0.273 e.